The summed E-state index contributed by atoms with van der Waals surface area (Å²) in [5, 5.41) is 12.1. The van der Waals surface area contributed by atoms with Gasteiger partial charge in [0.15, 0.2) is 0 Å². The number of carboxylic acids is 1. The molecule has 104 valence electrons. The second-order valence-electron chi connectivity index (χ2n) is 5.06. The van der Waals surface area contributed by atoms with E-state index >= 15 is 0 Å². The van der Waals surface area contributed by atoms with Crippen molar-refractivity contribution in [3.8, 4) is 0 Å². The number of hydrogen-bond acceptors (Lipinski definition) is 2. The van der Waals surface area contributed by atoms with Crippen LogP contribution in [0.1, 0.15) is 31.4 Å². The summed E-state index contributed by atoms with van der Waals surface area (Å²) < 4.78 is 0. The van der Waals surface area contributed by atoms with Crippen LogP contribution in [0.5, 0.6) is 0 Å². The van der Waals surface area contributed by atoms with E-state index in [1.165, 1.54) is 13.8 Å². The van der Waals surface area contributed by atoms with E-state index in [2.05, 4.69) is 5.32 Å². The first kappa shape index (κ1) is 15.5. The molecule has 0 bridgehead atoms. The Morgan fingerprint density at radius 2 is 2.00 bits per heavy atom. The number of carbonyl (C=O) groups is 2. The summed E-state index contributed by atoms with van der Waals surface area (Å²) in [6, 6.07) is 5.64. The third-order valence-electron chi connectivity index (χ3n) is 2.86. The molecule has 0 radical (unpaired) electrons. The van der Waals surface area contributed by atoms with E-state index < -0.39 is 11.5 Å². The number of rotatable bonds is 5. The molecular formula is C14H18ClNO3. The lowest BCUT2D eigenvalue weighted by atomic mass is 10.0. The van der Waals surface area contributed by atoms with Crippen LogP contribution in [0.3, 0.4) is 0 Å². The Kier molecular flexibility index (Phi) is 4.95. The number of halogens is 1. The lowest BCUT2D eigenvalue weighted by Crippen LogP contribution is -2.49. The van der Waals surface area contributed by atoms with E-state index in [1.54, 1.807) is 0 Å². The fourth-order valence-electron chi connectivity index (χ4n) is 1.51. The van der Waals surface area contributed by atoms with Gasteiger partial charge in [0, 0.05) is 11.4 Å². The molecule has 1 aromatic rings. The predicted octanol–water partition coefficient (Wildman–Crippen LogP) is 2.56. The third-order valence-corrected chi connectivity index (χ3v) is 3.27. The van der Waals surface area contributed by atoms with Gasteiger partial charge in [-0.25, -0.2) is 4.79 Å². The highest BCUT2D eigenvalue weighted by Crippen LogP contribution is 2.17. The van der Waals surface area contributed by atoms with Crippen molar-refractivity contribution >= 4 is 23.5 Å². The molecule has 0 spiro atoms. The van der Waals surface area contributed by atoms with Gasteiger partial charge in [-0.05, 0) is 44.4 Å². The topological polar surface area (TPSA) is 66.4 Å². The maximum atomic E-state index is 11.7. The van der Waals surface area contributed by atoms with Crippen molar-refractivity contribution in [2.24, 2.45) is 0 Å². The highest BCUT2D eigenvalue weighted by Gasteiger charge is 2.28. The fourth-order valence-corrected chi connectivity index (χ4v) is 1.72. The summed E-state index contributed by atoms with van der Waals surface area (Å²) in [4.78, 5) is 22.6. The molecule has 5 heteroatoms. The van der Waals surface area contributed by atoms with Crippen LogP contribution in [0.15, 0.2) is 18.2 Å². The van der Waals surface area contributed by atoms with Gasteiger partial charge in [0.1, 0.15) is 5.54 Å². The fraction of sp³-hybridized carbons (Fsp3) is 0.429. The molecular weight excluding hydrogens is 266 g/mol. The molecule has 0 unspecified atom stereocenters. The SMILES string of the molecule is Cc1ccc(CCC(=O)NC(C)(C)C(=O)O)cc1Cl. The molecule has 0 aromatic heterocycles. The first-order valence-corrected chi connectivity index (χ1v) is 6.39. The van der Waals surface area contributed by atoms with E-state index in [0.717, 1.165) is 11.1 Å². The molecule has 0 atom stereocenters. The lowest BCUT2D eigenvalue weighted by Gasteiger charge is -2.20. The molecule has 1 rings (SSSR count). The molecule has 4 nitrogen and oxygen atoms in total. The van der Waals surface area contributed by atoms with Crippen LogP contribution in [0.4, 0.5) is 0 Å². The van der Waals surface area contributed by atoms with Crippen molar-refractivity contribution in [3.05, 3.63) is 34.3 Å². The molecule has 2 N–H and O–H groups in total. The number of aryl methyl sites for hydroxylation is 2. The molecule has 0 aliphatic rings. The minimum atomic E-state index is -1.25. The summed E-state index contributed by atoms with van der Waals surface area (Å²) in [7, 11) is 0. The molecule has 0 aliphatic heterocycles. The average molecular weight is 284 g/mol. The minimum absolute atomic E-state index is 0.232. The van der Waals surface area contributed by atoms with Crippen LogP contribution < -0.4 is 5.32 Å². The van der Waals surface area contributed by atoms with E-state index in [1.807, 2.05) is 25.1 Å². The Morgan fingerprint density at radius 3 is 2.53 bits per heavy atom. The maximum Gasteiger partial charge on any atom is 0.328 e. The highest BCUT2D eigenvalue weighted by atomic mass is 35.5. The average Bonchev–Trinajstić information content (AvgIpc) is 2.30. The zero-order valence-electron chi connectivity index (χ0n) is 11.3. The van der Waals surface area contributed by atoms with E-state index in [0.29, 0.717) is 11.4 Å². The van der Waals surface area contributed by atoms with Gasteiger partial charge in [0.05, 0.1) is 0 Å². The number of aliphatic carboxylic acids is 1. The molecule has 0 saturated heterocycles. The number of carboxylic acid groups (broad SMARTS) is 1. The van der Waals surface area contributed by atoms with Gasteiger partial charge in [-0.2, -0.15) is 0 Å². The van der Waals surface area contributed by atoms with E-state index in [-0.39, 0.29) is 12.3 Å². The van der Waals surface area contributed by atoms with Crippen molar-refractivity contribution in [1.29, 1.82) is 0 Å². The second kappa shape index (κ2) is 6.06. The van der Waals surface area contributed by atoms with E-state index in [4.69, 9.17) is 16.7 Å². The largest absolute Gasteiger partial charge is 0.480 e. The monoisotopic (exact) mass is 283 g/mol. The number of nitrogens with one attached hydrogen (secondary N) is 1. The minimum Gasteiger partial charge on any atom is -0.480 e. The molecule has 0 fully saturated rings. The lowest BCUT2D eigenvalue weighted by molar-refractivity contribution is -0.146. The van der Waals surface area contributed by atoms with Gasteiger partial charge in [0.2, 0.25) is 5.91 Å². The zero-order valence-corrected chi connectivity index (χ0v) is 12.0. The van der Waals surface area contributed by atoms with Gasteiger partial charge in [0.25, 0.3) is 0 Å². The standard InChI is InChI=1S/C14H18ClNO3/c1-9-4-5-10(8-11(9)15)6-7-12(17)16-14(2,3)13(18)19/h4-5,8H,6-7H2,1-3H3,(H,16,17)(H,18,19). The smallest absolute Gasteiger partial charge is 0.328 e. The first-order valence-electron chi connectivity index (χ1n) is 6.02. The molecule has 0 heterocycles. The molecule has 0 aliphatic carbocycles. The van der Waals surface area contributed by atoms with Gasteiger partial charge in [-0.1, -0.05) is 23.7 Å². The van der Waals surface area contributed by atoms with Crippen LogP contribution >= 0.6 is 11.6 Å². The van der Waals surface area contributed by atoms with Gasteiger partial charge in [-0.3, -0.25) is 4.79 Å². The van der Waals surface area contributed by atoms with Crippen LogP contribution in [0.25, 0.3) is 0 Å². The molecule has 1 aromatic carbocycles. The Bertz CT molecular complexity index is 497. The van der Waals surface area contributed by atoms with Gasteiger partial charge >= 0.3 is 5.97 Å². The first-order chi connectivity index (χ1) is 8.72. The van der Waals surface area contributed by atoms with Crippen molar-refractivity contribution in [1.82, 2.24) is 5.32 Å². The molecule has 0 saturated carbocycles. The van der Waals surface area contributed by atoms with Crippen molar-refractivity contribution in [2.75, 3.05) is 0 Å². The van der Waals surface area contributed by atoms with Gasteiger partial charge in [-0.15, -0.1) is 0 Å². The highest BCUT2D eigenvalue weighted by molar-refractivity contribution is 6.31. The third kappa shape index (κ3) is 4.56. The van der Waals surface area contributed by atoms with Gasteiger partial charge < -0.3 is 10.4 Å². The maximum absolute atomic E-state index is 11.7. The Balaban J connectivity index is 2.55. The van der Waals surface area contributed by atoms with Crippen molar-refractivity contribution < 1.29 is 14.7 Å². The number of amides is 1. The number of benzene rings is 1. The summed E-state index contributed by atoms with van der Waals surface area (Å²) >= 11 is 6.00. The Labute approximate surface area is 117 Å². The number of hydrogen-bond donors (Lipinski definition) is 2. The van der Waals surface area contributed by atoms with Crippen LogP contribution in [0.2, 0.25) is 5.02 Å². The zero-order chi connectivity index (χ0) is 14.6. The second-order valence-corrected chi connectivity index (χ2v) is 5.47. The Hall–Kier alpha value is -1.55. The van der Waals surface area contributed by atoms with Crippen LogP contribution in [-0.4, -0.2) is 22.5 Å². The Morgan fingerprint density at radius 1 is 1.37 bits per heavy atom. The molecule has 1 amide bonds. The predicted molar refractivity (Wildman–Crippen MR) is 74.4 cm³/mol. The summed E-state index contributed by atoms with van der Waals surface area (Å²) in [6.45, 7) is 4.82. The van der Waals surface area contributed by atoms with Crippen LogP contribution in [-0.2, 0) is 16.0 Å². The van der Waals surface area contributed by atoms with Crippen molar-refractivity contribution in [3.63, 3.8) is 0 Å². The molecule has 19 heavy (non-hydrogen) atoms. The van der Waals surface area contributed by atoms with E-state index in [9.17, 15) is 9.59 Å². The summed E-state index contributed by atoms with van der Waals surface area (Å²) in [6.07, 6.45) is 0.762. The normalized spacial score (nSPS) is 11.2. The van der Waals surface area contributed by atoms with Crippen LogP contribution in [0, 0.1) is 6.92 Å². The summed E-state index contributed by atoms with van der Waals surface area (Å²) in [5.41, 5.74) is 0.697. The summed E-state index contributed by atoms with van der Waals surface area (Å²) in [5.74, 6) is -1.34. The number of carbonyl (C=O) groups excluding carboxylic acids is 1. The van der Waals surface area contributed by atoms with Crippen molar-refractivity contribution in [2.45, 2.75) is 39.2 Å². The quantitative estimate of drug-likeness (QED) is 0.873.